The van der Waals surface area contributed by atoms with Gasteiger partial charge in [0.1, 0.15) is 5.75 Å². The zero-order valence-corrected chi connectivity index (χ0v) is 17.6. The lowest BCUT2D eigenvalue weighted by Crippen LogP contribution is -2.52. The van der Waals surface area contributed by atoms with Crippen LogP contribution in [0.1, 0.15) is 39.0 Å². The number of phenols is 1. The molecular formula is C22H35N5O2. The molecule has 1 aromatic rings. The number of piperazine rings is 1. The number of likely N-dealkylation sites (tertiary alicyclic amines) is 1. The summed E-state index contributed by atoms with van der Waals surface area (Å²) in [6, 6.07) is 7.52. The molecule has 2 saturated heterocycles. The first-order chi connectivity index (χ1) is 14.2. The molecule has 0 unspecified atom stereocenters. The summed E-state index contributed by atoms with van der Waals surface area (Å²) in [6.07, 6.45) is 4.92. The third kappa shape index (κ3) is 6.02. The lowest BCUT2D eigenvalue weighted by atomic mass is 10.2. The van der Waals surface area contributed by atoms with E-state index in [0.717, 1.165) is 89.7 Å². The van der Waals surface area contributed by atoms with Crippen molar-refractivity contribution in [1.82, 2.24) is 15.1 Å². The molecule has 2 fully saturated rings. The van der Waals surface area contributed by atoms with Gasteiger partial charge in [0.25, 0.3) is 0 Å². The number of nitrogens with zero attached hydrogens (tertiary/aromatic N) is 4. The van der Waals surface area contributed by atoms with Gasteiger partial charge in [-0.15, -0.1) is 0 Å². The molecule has 7 nitrogen and oxygen atoms in total. The third-order valence-corrected chi connectivity index (χ3v) is 5.66. The maximum absolute atomic E-state index is 12.1. The van der Waals surface area contributed by atoms with Gasteiger partial charge in [-0.1, -0.05) is 18.6 Å². The number of carbonyl (C=O) groups excluding carboxylic acids is 1. The zero-order chi connectivity index (χ0) is 20.5. The number of aromatic hydroxyl groups is 1. The molecule has 29 heavy (non-hydrogen) atoms. The van der Waals surface area contributed by atoms with E-state index in [1.807, 2.05) is 23.1 Å². The Balaban J connectivity index is 1.49. The number of aliphatic imine (C=N–C) groups is 1. The number of guanidine groups is 1. The summed E-state index contributed by atoms with van der Waals surface area (Å²) in [7, 11) is 0. The van der Waals surface area contributed by atoms with E-state index < -0.39 is 0 Å². The predicted octanol–water partition coefficient (Wildman–Crippen LogP) is 2.27. The fourth-order valence-corrected chi connectivity index (χ4v) is 4.04. The molecule has 3 rings (SSSR count). The van der Waals surface area contributed by atoms with E-state index in [4.69, 9.17) is 4.99 Å². The van der Waals surface area contributed by atoms with E-state index in [0.29, 0.717) is 18.1 Å². The van der Waals surface area contributed by atoms with Gasteiger partial charge >= 0.3 is 0 Å². The quantitative estimate of drug-likeness (QED) is 0.435. The summed E-state index contributed by atoms with van der Waals surface area (Å²) in [6.45, 7) is 8.79. The Morgan fingerprint density at radius 1 is 1.10 bits per heavy atom. The molecule has 0 aromatic heterocycles. The first-order valence-corrected chi connectivity index (χ1v) is 11.0. The van der Waals surface area contributed by atoms with Gasteiger partial charge in [0.15, 0.2) is 5.96 Å². The second kappa shape index (κ2) is 10.9. The first-order valence-electron chi connectivity index (χ1n) is 11.0. The second-order valence-electron chi connectivity index (χ2n) is 7.74. The summed E-state index contributed by atoms with van der Waals surface area (Å²) in [5.74, 6) is 1.59. The van der Waals surface area contributed by atoms with Crippen molar-refractivity contribution in [2.75, 3.05) is 57.3 Å². The number of benzene rings is 1. The van der Waals surface area contributed by atoms with Crippen LogP contribution >= 0.6 is 0 Å². The van der Waals surface area contributed by atoms with Crippen molar-refractivity contribution >= 4 is 17.6 Å². The number of hydrogen-bond donors (Lipinski definition) is 2. The van der Waals surface area contributed by atoms with Crippen LogP contribution in [0.5, 0.6) is 5.75 Å². The maximum Gasteiger partial charge on any atom is 0.222 e. The number of carbonyl (C=O) groups is 1. The van der Waals surface area contributed by atoms with Crippen LogP contribution in [-0.2, 0) is 4.79 Å². The lowest BCUT2D eigenvalue weighted by Gasteiger charge is -2.37. The average molecular weight is 402 g/mol. The fraction of sp³-hybridized carbons (Fsp3) is 0.636. The molecular weight excluding hydrogens is 366 g/mol. The molecule has 0 radical (unpaired) electrons. The van der Waals surface area contributed by atoms with E-state index in [-0.39, 0.29) is 0 Å². The molecule has 160 valence electrons. The van der Waals surface area contributed by atoms with E-state index >= 15 is 0 Å². The van der Waals surface area contributed by atoms with Gasteiger partial charge in [-0.2, -0.15) is 0 Å². The minimum Gasteiger partial charge on any atom is -0.506 e. The van der Waals surface area contributed by atoms with Gasteiger partial charge in [-0.05, 0) is 38.3 Å². The Bertz CT molecular complexity index is 686. The molecule has 0 saturated carbocycles. The Hall–Kier alpha value is -2.44. The van der Waals surface area contributed by atoms with E-state index in [1.54, 1.807) is 6.07 Å². The second-order valence-corrected chi connectivity index (χ2v) is 7.74. The molecule has 1 amide bonds. The Labute approximate surface area is 174 Å². The van der Waals surface area contributed by atoms with Crippen LogP contribution in [0.2, 0.25) is 0 Å². The van der Waals surface area contributed by atoms with Crippen LogP contribution in [0.4, 0.5) is 5.69 Å². The minimum absolute atomic E-state index is 0.304. The number of nitrogens with one attached hydrogen (secondary N) is 1. The highest BCUT2D eigenvalue weighted by Gasteiger charge is 2.21. The normalized spacial score (nSPS) is 18.7. The molecule has 7 heteroatoms. The van der Waals surface area contributed by atoms with Crippen molar-refractivity contribution in [2.45, 2.75) is 39.0 Å². The molecule has 2 aliphatic rings. The number of para-hydroxylation sites is 2. The summed E-state index contributed by atoms with van der Waals surface area (Å²) in [5.41, 5.74) is 0.899. The van der Waals surface area contributed by atoms with Crippen molar-refractivity contribution in [3.05, 3.63) is 24.3 Å². The number of phenolic OH excluding ortho intramolecular Hbond substituents is 1. The minimum atomic E-state index is 0.304. The smallest absolute Gasteiger partial charge is 0.222 e. The number of hydrogen-bond acceptors (Lipinski definition) is 4. The van der Waals surface area contributed by atoms with Crippen LogP contribution in [0.3, 0.4) is 0 Å². The highest BCUT2D eigenvalue weighted by molar-refractivity contribution is 5.80. The Kier molecular flexibility index (Phi) is 8.02. The summed E-state index contributed by atoms with van der Waals surface area (Å²) in [4.78, 5) is 23.4. The largest absolute Gasteiger partial charge is 0.506 e. The molecule has 0 aliphatic carbocycles. The third-order valence-electron chi connectivity index (χ3n) is 5.66. The first kappa shape index (κ1) is 21.3. The van der Waals surface area contributed by atoms with E-state index in [2.05, 4.69) is 22.0 Å². The average Bonchev–Trinajstić information content (AvgIpc) is 2.95. The van der Waals surface area contributed by atoms with Gasteiger partial charge < -0.3 is 25.1 Å². The molecule has 2 heterocycles. The van der Waals surface area contributed by atoms with Crippen LogP contribution in [0.15, 0.2) is 29.3 Å². The number of rotatable bonds is 6. The van der Waals surface area contributed by atoms with Gasteiger partial charge in [0, 0.05) is 58.8 Å². The van der Waals surface area contributed by atoms with E-state index in [1.165, 1.54) is 0 Å². The van der Waals surface area contributed by atoms with Gasteiger partial charge in [-0.25, -0.2) is 0 Å². The van der Waals surface area contributed by atoms with Crippen LogP contribution in [0.25, 0.3) is 0 Å². The highest BCUT2D eigenvalue weighted by atomic mass is 16.3. The lowest BCUT2D eigenvalue weighted by molar-refractivity contribution is -0.130. The molecule has 2 N–H and O–H groups in total. The molecule has 0 spiro atoms. The zero-order valence-electron chi connectivity index (χ0n) is 17.6. The Morgan fingerprint density at radius 3 is 2.66 bits per heavy atom. The maximum atomic E-state index is 12.1. The van der Waals surface area contributed by atoms with Gasteiger partial charge in [0.2, 0.25) is 5.91 Å². The van der Waals surface area contributed by atoms with Gasteiger partial charge in [-0.3, -0.25) is 9.79 Å². The molecule has 0 bridgehead atoms. The van der Waals surface area contributed by atoms with Crippen molar-refractivity contribution < 1.29 is 9.90 Å². The van der Waals surface area contributed by atoms with E-state index in [9.17, 15) is 9.90 Å². The van der Waals surface area contributed by atoms with Crippen molar-refractivity contribution in [3.8, 4) is 5.75 Å². The van der Waals surface area contributed by atoms with Crippen molar-refractivity contribution in [2.24, 2.45) is 4.99 Å². The highest BCUT2D eigenvalue weighted by Crippen LogP contribution is 2.27. The fourth-order valence-electron chi connectivity index (χ4n) is 4.04. The summed E-state index contributed by atoms with van der Waals surface area (Å²) >= 11 is 0. The number of anilines is 1. The summed E-state index contributed by atoms with van der Waals surface area (Å²) < 4.78 is 0. The Morgan fingerprint density at radius 2 is 1.90 bits per heavy atom. The molecule has 2 aliphatic heterocycles. The van der Waals surface area contributed by atoms with Crippen LogP contribution < -0.4 is 10.2 Å². The van der Waals surface area contributed by atoms with Gasteiger partial charge in [0.05, 0.1) is 5.69 Å². The van der Waals surface area contributed by atoms with Crippen LogP contribution in [-0.4, -0.2) is 79.1 Å². The van der Waals surface area contributed by atoms with Crippen molar-refractivity contribution in [1.29, 1.82) is 0 Å². The topological polar surface area (TPSA) is 71.4 Å². The molecule has 0 atom stereocenters. The van der Waals surface area contributed by atoms with Crippen molar-refractivity contribution in [3.63, 3.8) is 0 Å². The SMILES string of the molecule is CCNC(=NCCCN1CCCCCC1=O)N1CCN(c2ccccc2O)CC1. The van der Waals surface area contributed by atoms with Crippen LogP contribution in [0, 0.1) is 0 Å². The predicted molar refractivity (Wildman–Crippen MR) is 118 cm³/mol. The standard InChI is InChI=1S/C22H35N5O2/c1-2-23-22(24-12-8-14-26-13-7-3-4-11-21(26)29)27-17-15-25(16-18-27)19-9-5-6-10-20(19)28/h5-6,9-10,28H,2-4,7-8,11-18H2,1H3,(H,23,24). The monoisotopic (exact) mass is 401 g/mol. The number of amides is 1. The molecule has 1 aromatic carbocycles. The summed E-state index contributed by atoms with van der Waals surface area (Å²) in [5, 5.41) is 13.5.